The second kappa shape index (κ2) is 7.50. The van der Waals surface area contributed by atoms with Crippen molar-refractivity contribution in [1.29, 1.82) is 0 Å². The molecule has 1 aromatic rings. The highest BCUT2D eigenvalue weighted by Crippen LogP contribution is 2.27. The fourth-order valence-corrected chi connectivity index (χ4v) is 2.71. The van der Waals surface area contributed by atoms with Crippen molar-refractivity contribution < 1.29 is 9.53 Å². The van der Waals surface area contributed by atoms with E-state index in [0.717, 1.165) is 38.0 Å². The molecule has 0 aromatic carbocycles. The average molecular weight is 295 g/mol. The van der Waals surface area contributed by atoms with Gasteiger partial charge in [-0.2, -0.15) is 4.37 Å². The van der Waals surface area contributed by atoms with Crippen LogP contribution in [0.3, 0.4) is 0 Å². The van der Waals surface area contributed by atoms with E-state index >= 15 is 0 Å². The molecule has 20 heavy (non-hydrogen) atoms. The van der Waals surface area contributed by atoms with Crippen LogP contribution < -0.4 is 4.74 Å². The Hall–Kier alpha value is -1.27. The molecule has 0 radical (unpaired) electrons. The smallest absolute Gasteiger partial charge is 0.253 e. The number of rotatable bonds is 7. The zero-order valence-corrected chi connectivity index (χ0v) is 12.9. The number of ketones is 1. The summed E-state index contributed by atoms with van der Waals surface area (Å²) in [5, 5.41) is 0. The van der Waals surface area contributed by atoms with E-state index in [1.165, 1.54) is 17.3 Å². The Morgan fingerprint density at radius 3 is 3.05 bits per heavy atom. The average Bonchev–Trinajstić information content (AvgIpc) is 2.86. The molecule has 0 bridgehead atoms. The largest absolute Gasteiger partial charge is 0.475 e. The van der Waals surface area contributed by atoms with Crippen molar-refractivity contribution in [2.75, 3.05) is 26.7 Å². The van der Waals surface area contributed by atoms with Crippen LogP contribution in [0.1, 0.15) is 38.3 Å². The number of aromatic nitrogens is 2. The summed E-state index contributed by atoms with van der Waals surface area (Å²) in [6, 6.07) is 0. The van der Waals surface area contributed by atoms with Crippen molar-refractivity contribution in [3.63, 3.8) is 0 Å². The molecule has 2 heterocycles. The Bertz CT molecular complexity index is 485. The molecule has 1 aliphatic rings. The lowest BCUT2D eigenvalue weighted by atomic mass is 10.1. The summed E-state index contributed by atoms with van der Waals surface area (Å²) in [5.74, 6) is 0.871. The van der Waals surface area contributed by atoms with Crippen LogP contribution in [-0.4, -0.2) is 46.2 Å². The summed E-state index contributed by atoms with van der Waals surface area (Å²) in [6.45, 7) is 4.19. The van der Waals surface area contributed by atoms with Crippen LogP contribution in [-0.2, 0) is 4.79 Å². The van der Waals surface area contributed by atoms with Gasteiger partial charge in [0.1, 0.15) is 11.5 Å². The molecule has 6 heteroatoms. The van der Waals surface area contributed by atoms with E-state index in [9.17, 15) is 4.79 Å². The number of hydrogen-bond donors (Lipinski definition) is 0. The molecule has 110 valence electrons. The molecule has 0 saturated heterocycles. The third-order valence-corrected chi connectivity index (χ3v) is 3.78. The van der Waals surface area contributed by atoms with E-state index in [2.05, 4.69) is 26.8 Å². The summed E-state index contributed by atoms with van der Waals surface area (Å²) in [6.07, 6.45) is 5.63. The van der Waals surface area contributed by atoms with E-state index in [4.69, 9.17) is 4.74 Å². The van der Waals surface area contributed by atoms with Gasteiger partial charge in [0.15, 0.2) is 0 Å². The minimum atomic E-state index is 0.233. The maximum Gasteiger partial charge on any atom is 0.253 e. The van der Waals surface area contributed by atoms with Gasteiger partial charge in [0.2, 0.25) is 0 Å². The van der Waals surface area contributed by atoms with Gasteiger partial charge in [0.05, 0.1) is 18.3 Å². The molecular formula is C14H21N3O2S. The first-order valence-electron chi connectivity index (χ1n) is 6.99. The van der Waals surface area contributed by atoms with E-state index in [0.29, 0.717) is 18.9 Å². The molecule has 1 aliphatic heterocycles. The van der Waals surface area contributed by atoms with Gasteiger partial charge in [-0.25, -0.2) is 0 Å². The third kappa shape index (κ3) is 4.38. The van der Waals surface area contributed by atoms with Crippen molar-refractivity contribution in [2.24, 2.45) is 0 Å². The van der Waals surface area contributed by atoms with Crippen LogP contribution in [0.2, 0.25) is 0 Å². The standard InChI is InChI=1S/C14H21N3O2S/c1-11(18)6-3-4-9-19-14-13(15-20-16-14)12-7-5-8-17(2)10-12/h7H,3-6,8-10H2,1-2H3. The van der Waals surface area contributed by atoms with Gasteiger partial charge >= 0.3 is 0 Å². The number of carbonyl (C=O) groups excluding carboxylic acids is 1. The van der Waals surface area contributed by atoms with Gasteiger partial charge in [0, 0.05) is 19.5 Å². The highest BCUT2D eigenvalue weighted by atomic mass is 32.1. The zero-order valence-electron chi connectivity index (χ0n) is 12.1. The fourth-order valence-electron chi connectivity index (χ4n) is 2.18. The normalized spacial score (nSPS) is 16.0. The summed E-state index contributed by atoms with van der Waals surface area (Å²) in [7, 11) is 2.11. The maximum absolute atomic E-state index is 10.9. The Morgan fingerprint density at radius 1 is 1.45 bits per heavy atom. The Labute approximate surface area is 124 Å². The molecule has 0 aliphatic carbocycles. The Morgan fingerprint density at radius 2 is 2.30 bits per heavy atom. The first kappa shape index (κ1) is 15.1. The topological polar surface area (TPSA) is 55.3 Å². The molecule has 1 aromatic heterocycles. The highest BCUT2D eigenvalue weighted by Gasteiger charge is 2.18. The lowest BCUT2D eigenvalue weighted by molar-refractivity contribution is -0.117. The minimum absolute atomic E-state index is 0.233. The van der Waals surface area contributed by atoms with Gasteiger partial charge < -0.3 is 14.4 Å². The number of likely N-dealkylation sites (N-methyl/N-ethyl adjacent to an activating group) is 1. The molecule has 0 fully saturated rings. The van der Waals surface area contributed by atoms with Crippen molar-refractivity contribution in [3.05, 3.63) is 11.8 Å². The van der Waals surface area contributed by atoms with E-state index < -0.39 is 0 Å². The quantitative estimate of drug-likeness (QED) is 0.723. The van der Waals surface area contributed by atoms with Crippen LogP contribution in [0.4, 0.5) is 0 Å². The molecule has 0 unspecified atom stereocenters. The Kier molecular flexibility index (Phi) is 5.67. The molecule has 0 spiro atoms. The number of hydrogen-bond acceptors (Lipinski definition) is 6. The molecule has 5 nitrogen and oxygen atoms in total. The SMILES string of the molecule is CC(=O)CCCCOc1nsnc1C1=CCCN(C)C1. The molecule has 0 amide bonds. The summed E-state index contributed by atoms with van der Waals surface area (Å²) < 4.78 is 14.3. The van der Waals surface area contributed by atoms with Crippen LogP contribution in [0.25, 0.3) is 5.57 Å². The van der Waals surface area contributed by atoms with E-state index in [1.807, 2.05) is 0 Å². The van der Waals surface area contributed by atoms with Gasteiger partial charge in [-0.05, 0) is 38.8 Å². The van der Waals surface area contributed by atoms with E-state index in [-0.39, 0.29) is 5.78 Å². The van der Waals surface area contributed by atoms with Crippen LogP contribution in [0, 0.1) is 0 Å². The van der Waals surface area contributed by atoms with Crippen molar-refractivity contribution in [3.8, 4) is 5.88 Å². The van der Waals surface area contributed by atoms with Crippen LogP contribution >= 0.6 is 11.7 Å². The van der Waals surface area contributed by atoms with E-state index in [1.54, 1.807) is 6.92 Å². The first-order chi connectivity index (χ1) is 9.66. The molecular weight excluding hydrogens is 274 g/mol. The van der Waals surface area contributed by atoms with Crippen molar-refractivity contribution >= 4 is 23.1 Å². The first-order valence-corrected chi connectivity index (χ1v) is 7.72. The third-order valence-electron chi connectivity index (χ3n) is 3.27. The van der Waals surface area contributed by atoms with Crippen molar-refractivity contribution in [1.82, 2.24) is 13.6 Å². The predicted octanol–water partition coefficient (Wildman–Crippen LogP) is 2.40. The van der Waals surface area contributed by atoms with Gasteiger partial charge in [-0.3, -0.25) is 0 Å². The van der Waals surface area contributed by atoms with Gasteiger partial charge in [0.25, 0.3) is 5.88 Å². The van der Waals surface area contributed by atoms with Crippen molar-refractivity contribution in [2.45, 2.75) is 32.6 Å². The summed E-state index contributed by atoms with van der Waals surface area (Å²) in [5.41, 5.74) is 2.08. The zero-order chi connectivity index (χ0) is 14.4. The van der Waals surface area contributed by atoms with Crippen LogP contribution in [0.5, 0.6) is 5.88 Å². The van der Waals surface area contributed by atoms with Crippen LogP contribution in [0.15, 0.2) is 6.08 Å². The number of nitrogens with zero attached hydrogens (tertiary/aromatic N) is 3. The molecule has 0 N–H and O–H groups in total. The second-order valence-corrected chi connectivity index (χ2v) is 5.71. The number of Topliss-reactive ketones (excluding diaryl/α,β-unsaturated/α-hetero) is 1. The van der Waals surface area contributed by atoms with Gasteiger partial charge in [-0.15, -0.1) is 4.37 Å². The lowest BCUT2D eigenvalue weighted by Crippen LogP contribution is -2.25. The molecule has 0 atom stereocenters. The monoisotopic (exact) mass is 295 g/mol. The predicted molar refractivity (Wildman–Crippen MR) is 80.0 cm³/mol. The minimum Gasteiger partial charge on any atom is -0.475 e. The second-order valence-electron chi connectivity index (χ2n) is 5.18. The maximum atomic E-state index is 10.9. The highest BCUT2D eigenvalue weighted by molar-refractivity contribution is 6.99. The Balaban J connectivity index is 1.85. The summed E-state index contributed by atoms with van der Waals surface area (Å²) in [4.78, 5) is 13.1. The fraction of sp³-hybridized carbons (Fsp3) is 0.643. The number of carbonyl (C=O) groups is 1. The lowest BCUT2D eigenvalue weighted by Gasteiger charge is -2.22. The molecule has 2 rings (SSSR count). The summed E-state index contributed by atoms with van der Waals surface area (Å²) >= 11 is 1.19. The van der Waals surface area contributed by atoms with Gasteiger partial charge in [-0.1, -0.05) is 6.08 Å². The number of unbranched alkanes of at least 4 members (excludes halogenated alkanes) is 1. The number of ether oxygens (including phenoxy) is 1. The molecule has 0 saturated carbocycles.